The van der Waals surface area contributed by atoms with E-state index in [1.807, 2.05) is 0 Å². The zero-order valence-electron chi connectivity index (χ0n) is 11.6. The van der Waals surface area contributed by atoms with Crippen molar-refractivity contribution in [1.82, 2.24) is 10.2 Å². The molecule has 5 nitrogen and oxygen atoms in total. The molecule has 20 heavy (non-hydrogen) atoms. The molecule has 1 N–H and O–H groups in total. The summed E-state index contributed by atoms with van der Waals surface area (Å²) in [6.07, 6.45) is 2.53. The van der Waals surface area contributed by atoms with Gasteiger partial charge in [0.15, 0.2) is 0 Å². The van der Waals surface area contributed by atoms with Crippen molar-refractivity contribution in [3.05, 3.63) is 38.9 Å². The lowest BCUT2D eigenvalue weighted by atomic mass is 10.1. The maximum absolute atomic E-state index is 11.0. The van der Waals surface area contributed by atoms with Gasteiger partial charge in [-0.25, -0.2) is 0 Å². The molecule has 1 aliphatic rings. The molecule has 0 amide bonds. The van der Waals surface area contributed by atoms with E-state index in [0.717, 1.165) is 19.6 Å². The predicted molar refractivity (Wildman–Crippen MR) is 80.1 cm³/mol. The van der Waals surface area contributed by atoms with E-state index < -0.39 is 0 Å². The molecule has 1 unspecified atom stereocenters. The Hall–Kier alpha value is -1.17. The number of hydrogen-bond donors (Lipinski definition) is 1. The van der Waals surface area contributed by atoms with Crippen molar-refractivity contribution >= 4 is 17.3 Å². The second-order valence-corrected chi connectivity index (χ2v) is 5.69. The van der Waals surface area contributed by atoms with Gasteiger partial charge in [0.05, 0.1) is 15.5 Å². The molecule has 1 fully saturated rings. The lowest BCUT2D eigenvalue weighted by Gasteiger charge is -2.21. The number of benzene rings is 1. The largest absolute Gasteiger partial charge is 0.309 e. The van der Waals surface area contributed by atoms with Crippen molar-refractivity contribution in [2.45, 2.75) is 32.4 Å². The van der Waals surface area contributed by atoms with E-state index in [4.69, 9.17) is 11.6 Å². The second kappa shape index (κ2) is 7.02. The van der Waals surface area contributed by atoms with Crippen molar-refractivity contribution in [3.8, 4) is 0 Å². The van der Waals surface area contributed by atoms with Gasteiger partial charge in [-0.2, -0.15) is 0 Å². The van der Waals surface area contributed by atoms with Gasteiger partial charge in [0.25, 0.3) is 5.69 Å². The summed E-state index contributed by atoms with van der Waals surface area (Å²) >= 11 is 6.07. The molecular weight excluding hydrogens is 278 g/mol. The van der Waals surface area contributed by atoms with E-state index in [-0.39, 0.29) is 16.7 Å². The van der Waals surface area contributed by atoms with Gasteiger partial charge in [-0.3, -0.25) is 10.1 Å². The summed E-state index contributed by atoms with van der Waals surface area (Å²) in [5.74, 6) is 0. The molecule has 2 rings (SSSR count). The molecule has 1 aromatic rings. The Kier molecular flexibility index (Phi) is 5.34. The number of rotatable bonds is 6. The van der Waals surface area contributed by atoms with Crippen LogP contribution in [0.4, 0.5) is 5.69 Å². The SMILES string of the molecule is CC(CN1CCCC1)NCc1c(Cl)cccc1[N+](=O)[O-]. The van der Waals surface area contributed by atoms with Gasteiger partial charge in [-0.15, -0.1) is 0 Å². The van der Waals surface area contributed by atoms with Crippen LogP contribution in [0.25, 0.3) is 0 Å². The first-order chi connectivity index (χ1) is 9.58. The van der Waals surface area contributed by atoms with E-state index in [1.165, 1.54) is 18.9 Å². The van der Waals surface area contributed by atoms with Crippen molar-refractivity contribution in [2.24, 2.45) is 0 Å². The van der Waals surface area contributed by atoms with Gasteiger partial charge >= 0.3 is 0 Å². The van der Waals surface area contributed by atoms with Crippen LogP contribution in [0, 0.1) is 10.1 Å². The summed E-state index contributed by atoms with van der Waals surface area (Å²) in [6, 6.07) is 5.08. The van der Waals surface area contributed by atoms with Crippen LogP contribution < -0.4 is 5.32 Å². The normalized spacial score (nSPS) is 17.3. The van der Waals surface area contributed by atoms with Crippen LogP contribution in [0.1, 0.15) is 25.3 Å². The molecule has 0 radical (unpaired) electrons. The molecule has 0 spiro atoms. The maximum atomic E-state index is 11.0. The van der Waals surface area contributed by atoms with Gasteiger partial charge in [0, 0.05) is 25.2 Å². The second-order valence-electron chi connectivity index (χ2n) is 5.28. The van der Waals surface area contributed by atoms with E-state index in [2.05, 4.69) is 17.1 Å². The molecule has 1 heterocycles. The summed E-state index contributed by atoms with van der Waals surface area (Å²) in [7, 11) is 0. The highest BCUT2D eigenvalue weighted by Gasteiger charge is 2.18. The summed E-state index contributed by atoms with van der Waals surface area (Å²) in [4.78, 5) is 13.0. The fraction of sp³-hybridized carbons (Fsp3) is 0.571. The lowest BCUT2D eigenvalue weighted by molar-refractivity contribution is -0.385. The monoisotopic (exact) mass is 297 g/mol. The zero-order valence-corrected chi connectivity index (χ0v) is 12.4. The van der Waals surface area contributed by atoms with Gasteiger partial charge in [-0.05, 0) is 38.9 Å². The van der Waals surface area contributed by atoms with Crippen LogP contribution >= 0.6 is 11.6 Å². The Morgan fingerprint density at radius 1 is 1.45 bits per heavy atom. The molecule has 0 saturated carbocycles. The van der Waals surface area contributed by atoms with Crippen LogP contribution in [-0.4, -0.2) is 35.5 Å². The maximum Gasteiger partial charge on any atom is 0.275 e. The average molecular weight is 298 g/mol. The van der Waals surface area contributed by atoms with Crippen LogP contribution in [-0.2, 0) is 6.54 Å². The highest BCUT2D eigenvalue weighted by Crippen LogP contribution is 2.26. The molecule has 0 bridgehead atoms. The Labute approximate surface area is 124 Å². The smallest absolute Gasteiger partial charge is 0.275 e. The van der Waals surface area contributed by atoms with Crippen LogP contribution in [0.5, 0.6) is 0 Å². The molecule has 1 atom stereocenters. The minimum Gasteiger partial charge on any atom is -0.309 e. The summed E-state index contributed by atoms with van der Waals surface area (Å²) < 4.78 is 0. The van der Waals surface area contributed by atoms with Crippen LogP contribution in [0.15, 0.2) is 18.2 Å². The van der Waals surface area contributed by atoms with Crippen molar-refractivity contribution in [3.63, 3.8) is 0 Å². The standard InChI is InChI=1S/C14H20ClN3O2/c1-11(10-17-7-2-3-8-17)16-9-12-13(15)5-4-6-14(12)18(19)20/h4-6,11,16H,2-3,7-10H2,1H3. The molecule has 0 aromatic heterocycles. The van der Waals surface area contributed by atoms with Crippen LogP contribution in [0.2, 0.25) is 5.02 Å². The first-order valence-electron chi connectivity index (χ1n) is 6.95. The molecular formula is C14H20ClN3O2. The van der Waals surface area contributed by atoms with Crippen molar-refractivity contribution in [1.29, 1.82) is 0 Å². The minimum absolute atomic E-state index is 0.0818. The highest BCUT2D eigenvalue weighted by molar-refractivity contribution is 6.31. The fourth-order valence-electron chi connectivity index (χ4n) is 2.59. The number of nitro benzene ring substituents is 1. The number of likely N-dealkylation sites (tertiary alicyclic amines) is 1. The summed E-state index contributed by atoms with van der Waals surface area (Å²) in [5, 5.41) is 14.8. The highest BCUT2D eigenvalue weighted by atomic mass is 35.5. The minimum atomic E-state index is -0.381. The Morgan fingerprint density at radius 2 is 2.15 bits per heavy atom. The number of nitro groups is 1. The molecule has 1 aromatic carbocycles. The number of halogens is 1. The van der Waals surface area contributed by atoms with E-state index >= 15 is 0 Å². The number of nitrogens with one attached hydrogen (secondary N) is 1. The predicted octanol–water partition coefficient (Wildman–Crippen LogP) is 2.82. The summed E-state index contributed by atoms with van der Waals surface area (Å²) in [6.45, 7) is 5.79. The van der Waals surface area contributed by atoms with E-state index in [1.54, 1.807) is 12.1 Å². The molecule has 110 valence electrons. The third kappa shape index (κ3) is 3.91. The Balaban J connectivity index is 1.94. The fourth-order valence-corrected chi connectivity index (χ4v) is 2.82. The first-order valence-corrected chi connectivity index (χ1v) is 7.33. The van der Waals surface area contributed by atoms with Gasteiger partial charge in [-0.1, -0.05) is 17.7 Å². The van der Waals surface area contributed by atoms with Crippen LogP contribution in [0.3, 0.4) is 0 Å². The lowest BCUT2D eigenvalue weighted by Crippen LogP contribution is -2.37. The Morgan fingerprint density at radius 3 is 2.80 bits per heavy atom. The van der Waals surface area contributed by atoms with E-state index in [0.29, 0.717) is 17.1 Å². The molecule has 6 heteroatoms. The zero-order chi connectivity index (χ0) is 14.5. The quantitative estimate of drug-likeness (QED) is 0.648. The third-order valence-electron chi connectivity index (χ3n) is 3.65. The van der Waals surface area contributed by atoms with Gasteiger partial charge in [0.1, 0.15) is 0 Å². The van der Waals surface area contributed by atoms with Gasteiger partial charge in [0.2, 0.25) is 0 Å². The van der Waals surface area contributed by atoms with Gasteiger partial charge < -0.3 is 10.2 Å². The topological polar surface area (TPSA) is 58.4 Å². The first kappa shape index (κ1) is 15.2. The third-order valence-corrected chi connectivity index (χ3v) is 4.00. The number of hydrogen-bond acceptors (Lipinski definition) is 4. The van der Waals surface area contributed by atoms with E-state index in [9.17, 15) is 10.1 Å². The summed E-state index contributed by atoms with van der Waals surface area (Å²) in [5.41, 5.74) is 0.644. The Bertz CT molecular complexity index is 475. The van der Waals surface area contributed by atoms with Crippen molar-refractivity contribution in [2.75, 3.05) is 19.6 Å². The molecule has 0 aliphatic carbocycles. The number of nitrogens with zero attached hydrogens (tertiary/aromatic N) is 2. The van der Waals surface area contributed by atoms with Crippen molar-refractivity contribution < 1.29 is 4.92 Å². The molecule has 1 aliphatic heterocycles. The molecule has 1 saturated heterocycles. The average Bonchev–Trinajstić information content (AvgIpc) is 2.89.